The molecule has 0 aliphatic carbocycles. The maximum Gasteiger partial charge on any atom is 0.267 e. The number of amides is 2. The summed E-state index contributed by atoms with van der Waals surface area (Å²) in [6.07, 6.45) is 1.73. The summed E-state index contributed by atoms with van der Waals surface area (Å²) in [6.45, 7) is 5.31. The van der Waals surface area contributed by atoms with Gasteiger partial charge in [0.2, 0.25) is 5.91 Å². The molecule has 1 atom stereocenters. The Bertz CT molecular complexity index is 1130. The fourth-order valence-electron chi connectivity index (χ4n) is 4.21. The van der Waals surface area contributed by atoms with Crippen LogP contribution >= 0.6 is 0 Å². The number of likely N-dealkylation sites (tertiary alicyclic amines) is 1. The Morgan fingerprint density at radius 2 is 2.00 bits per heavy atom. The SMILES string of the molecule is COc1ccc(-c2nc([C@H]3CCCN(C(=O)Cn4nc(C)cc4C)C3)[nH]c2C(N)=O)cc1. The number of methoxy groups -OCH3 is 1. The molecule has 2 aromatic heterocycles. The molecular weight excluding hydrogens is 408 g/mol. The fraction of sp³-hybridized carbons (Fsp3) is 0.391. The van der Waals surface area contributed by atoms with Crippen LogP contribution in [0.4, 0.5) is 0 Å². The number of carbonyl (C=O) groups excluding carboxylic acids is 2. The number of imidazole rings is 1. The number of hydrogen-bond acceptors (Lipinski definition) is 5. The average Bonchev–Trinajstić information content (AvgIpc) is 3.37. The molecule has 32 heavy (non-hydrogen) atoms. The first-order valence-corrected chi connectivity index (χ1v) is 10.7. The Kier molecular flexibility index (Phi) is 5.98. The number of H-pyrrole nitrogens is 1. The monoisotopic (exact) mass is 436 g/mol. The van der Waals surface area contributed by atoms with Crippen LogP contribution in [-0.2, 0) is 11.3 Å². The molecular formula is C23H28N6O3. The molecule has 0 spiro atoms. The molecule has 0 unspecified atom stereocenters. The van der Waals surface area contributed by atoms with Gasteiger partial charge in [-0.25, -0.2) is 4.98 Å². The van der Waals surface area contributed by atoms with E-state index >= 15 is 0 Å². The Labute approximate surface area is 186 Å². The van der Waals surface area contributed by atoms with E-state index < -0.39 is 5.91 Å². The van der Waals surface area contributed by atoms with E-state index in [9.17, 15) is 9.59 Å². The fourth-order valence-corrected chi connectivity index (χ4v) is 4.21. The molecule has 1 aromatic carbocycles. The Hall–Kier alpha value is -3.62. The van der Waals surface area contributed by atoms with Crippen molar-refractivity contribution in [2.45, 2.75) is 39.2 Å². The highest BCUT2D eigenvalue weighted by Crippen LogP contribution is 2.30. The number of nitrogens with two attached hydrogens (primary N) is 1. The van der Waals surface area contributed by atoms with E-state index in [-0.39, 0.29) is 24.1 Å². The van der Waals surface area contributed by atoms with Crippen molar-refractivity contribution in [2.75, 3.05) is 20.2 Å². The van der Waals surface area contributed by atoms with E-state index in [4.69, 9.17) is 15.5 Å². The first kappa shape index (κ1) is 21.6. The van der Waals surface area contributed by atoms with Gasteiger partial charge in [-0.3, -0.25) is 14.3 Å². The van der Waals surface area contributed by atoms with Crippen LogP contribution in [0.3, 0.4) is 0 Å². The summed E-state index contributed by atoms with van der Waals surface area (Å²) in [5.74, 6) is 0.849. The molecule has 1 aliphatic rings. The van der Waals surface area contributed by atoms with Crippen LogP contribution in [0.25, 0.3) is 11.3 Å². The topological polar surface area (TPSA) is 119 Å². The highest BCUT2D eigenvalue weighted by atomic mass is 16.5. The van der Waals surface area contributed by atoms with Crippen molar-refractivity contribution in [3.8, 4) is 17.0 Å². The lowest BCUT2D eigenvalue weighted by Gasteiger charge is -2.32. The molecule has 3 N–H and O–H groups in total. The lowest BCUT2D eigenvalue weighted by atomic mass is 9.97. The van der Waals surface area contributed by atoms with Crippen LogP contribution in [0.2, 0.25) is 0 Å². The molecule has 1 aliphatic heterocycles. The van der Waals surface area contributed by atoms with Crippen LogP contribution in [0, 0.1) is 13.8 Å². The zero-order valence-corrected chi connectivity index (χ0v) is 18.6. The molecule has 9 nitrogen and oxygen atoms in total. The van der Waals surface area contributed by atoms with E-state index in [1.54, 1.807) is 11.8 Å². The summed E-state index contributed by atoms with van der Waals surface area (Å²) in [7, 11) is 1.60. The van der Waals surface area contributed by atoms with Crippen LogP contribution in [0.15, 0.2) is 30.3 Å². The summed E-state index contributed by atoms with van der Waals surface area (Å²) >= 11 is 0. The third kappa shape index (κ3) is 4.37. The summed E-state index contributed by atoms with van der Waals surface area (Å²) in [5, 5.41) is 4.39. The minimum Gasteiger partial charge on any atom is -0.497 e. The summed E-state index contributed by atoms with van der Waals surface area (Å²) in [5.41, 5.74) is 9.04. The van der Waals surface area contributed by atoms with Gasteiger partial charge in [0.15, 0.2) is 0 Å². The van der Waals surface area contributed by atoms with E-state index in [2.05, 4.69) is 10.1 Å². The van der Waals surface area contributed by atoms with Gasteiger partial charge in [-0.2, -0.15) is 5.10 Å². The quantitative estimate of drug-likeness (QED) is 0.615. The zero-order valence-electron chi connectivity index (χ0n) is 18.6. The third-order valence-corrected chi connectivity index (χ3v) is 5.88. The van der Waals surface area contributed by atoms with Gasteiger partial charge in [0, 0.05) is 30.3 Å². The predicted molar refractivity (Wildman–Crippen MR) is 119 cm³/mol. The lowest BCUT2D eigenvalue weighted by Crippen LogP contribution is -2.41. The summed E-state index contributed by atoms with van der Waals surface area (Å²) in [4.78, 5) is 34.7. The van der Waals surface area contributed by atoms with Crippen molar-refractivity contribution >= 4 is 11.8 Å². The normalized spacial score (nSPS) is 16.2. The number of aromatic nitrogens is 4. The first-order chi connectivity index (χ1) is 15.4. The number of rotatable bonds is 6. The Morgan fingerprint density at radius 3 is 2.62 bits per heavy atom. The number of aryl methyl sites for hydroxylation is 2. The second kappa shape index (κ2) is 8.86. The highest BCUT2D eigenvalue weighted by molar-refractivity contribution is 5.97. The number of hydrogen-bond donors (Lipinski definition) is 2. The van der Waals surface area contributed by atoms with E-state index in [0.29, 0.717) is 30.4 Å². The highest BCUT2D eigenvalue weighted by Gasteiger charge is 2.29. The molecule has 2 amide bonds. The maximum atomic E-state index is 12.9. The number of piperidine rings is 1. The van der Waals surface area contributed by atoms with Gasteiger partial charge < -0.3 is 20.4 Å². The number of aromatic amines is 1. The number of benzene rings is 1. The van der Waals surface area contributed by atoms with Crippen molar-refractivity contribution in [2.24, 2.45) is 5.73 Å². The largest absolute Gasteiger partial charge is 0.497 e. The van der Waals surface area contributed by atoms with Crippen LogP contribution in [0.5, 0.6) is 5.75 Å². The second-order valence-corrected chi connectivity index (χ2v) is 8.20. The van der Waals surface area contributed by atoms with E-state index in [1.807, 2.05) is 49.1 Å². The smallest absolute Gasteiger partial charge is 0.267 e. The molecule has 1 saturated heterocycles. The van der Waals surface area contributed by atoms with E-state index in [1.165, 1.54) is 0 Å². The zero-order chi connectivity index (χ0) is 22.8. The molecule has 3 heterocycles. The number of nitrogens with one attached hydrogen (secondary N) is 1. The Balaban J connectivity index is 1.54. The lowest BCUT2D eigenvalue weighted by molar-refractivity contribution is -0.133. The molecule has 0 saturated carbocycles. The molecule has 9 heteroatoms. The van der Waals surface area contributed by atoms with Crippen molar-refractivity contribution in [3.05, 3.63) is 53.2 Å². The number of ether oxygens (including phenoxy) is 1. The van der Waals surface area contributed by atoms with Gasteiger partial charge in [-0.15, -0.1) is 0 Å². The molecule has 168 valence electrons. The molecule has 0 radical (unpaired) electrons. The summed E-state index contributed by atoms with van der Waals surface area (Å²) < 4.78 is 6.94. The first-order valence-electron chi connectivity index (χ1n) is 10.7. The van der Waals surface area contributed by atoms with Gasteiger partial charge in [0.05, 0.1) is 12.8 Å². The number of carbonyl (C=O) groups is 2. The molecule has 1 fully saturated rings. The average molecular weight is 437 g/mol. The van der Waals surface area contributed by atoms with Crippen molar-refractivity contribution < 1.29 is 14.3 Å². The minimum atomic E-state index is -0.567. The summed E-state index contributed by atoms with van der Waals surface area (Å²) in [6, 6.07) is 9.27. The molecule has 4 rings (SSSR count). The van der Waals surface area contributed by atoms with Crippen molar-refractivity contribution in [1.29, 1.82) is 0 Å². The number of primary amides is 1. The number of nitrogens with zero attached hydrogens (tertiary/aromatic N) is 4. The van der Waals surface area contributed by atoms with Crippen molar-refractivity contribution in [3.63, 3.8) is 0 Å². The van der Waals surface area contributed by atoms with Crippen LogP contribution in [0.1, 0.15) is 46.5 Å². The van der Waals surface area contributed by atoms with Gasteiger partial charge in [-0.1, -0.05) is 0 Å². The van der Waals surface area contributed by atoms with Crippen LogP contribution in [-0.4, -0.2) is 56.7 Å². The van der Waals surface area contributed by atoms with Gasteiger partial charge >= 0.3 is 0 Å². The third-order valence-electron chi connectivity index (χ3n) is 5.88. The van der Waals surface area contributed by atoms with Gasteiger partial charge in [0.1, 0.15) is 29.5 Å². The van der Waals surface area contributed by atoms with E-state index in [0.717, 1.165) is 29.8 Å². The minimum absolute atomic E-state index is 0.00162. The second-order valence-electron chi connectivity index (χ2n) is 8.20. The predicted octanol–water partition coefficient (Wildman–Crippen LogP) is 2.40. The van der Waals surface area contributed by atoms with Crippen molar-refractivity contribution in [1.82, 2.24) is 24.6 Å². The Morgan fingerprint density at radius 1 is 1.25 bits per heavy atom. The molecule has 0 bridgehead atoms. The van der Waals surface area contributed by atoms with Crippen LogP contribution < -0.4 is 10.5 Å². The van der Waals surface area contributed by atoms with Gasteiger partial charge in [-0.05, 0) is 57.0 Å². The maximum absolute atomic E-state index is 12.9. The van der Waals surface area contributed by atoms with Gasteiger partial charge in [0.25, 0.3) is 5.91 Å². The standard InChI is InChI=1S/C23H28N6O3/c1-14-11-15(2)29(27-14)13-19(30)28-10-4-5-17(12-28)23-25-20(21(26-23)22(24)31)16-6-8-18(32-3)9-7-16/h6-9,11,17H,4-5,10,12-13H2,1-3H3,(H2,24,31)(H,25,26)/t17-/m0/s1. The molecule has 3 aromatic rings.